The van der Waals surface area contributed by atoms with Gasteiger partial charge in [-0.3, -0.25) is 0 Å². The molecule has 0 saturated carbocycles. The fourth-order valence-electron chi connectivity index (χ4n) is 2.33. The number of methoxy groups -OCH3 is 1. The minimum Gasteiger partial charge on any atom is -0.496 e. The molecule has 2 N–H and O–H groups in total. The number of nitrogens with zero attached hydrogens (tertiary/aromatic N) is 1. The standard InChI is InChI=1S/C16H28N2O/c1-6-14(9-17)10-18(4)11-15-7-12(2)13(3)8-16(15)19-5/h7-8,14H,6,9-11,17H2,1-5H3. The quantitative estimate of drug-likeness (QED) is 0.823. The number of aryl methyl sites for hydroxylation is 2. The molecule has 1 aromatic carbocycles. The highest BCUT2D eigenvalue weighted by molar-refractivity contribution is 5.41. The summed E-state index contributed by atoms with van der Waals surface area (Å²) in [5, 5.41) is 0. The molecule has 0 heterocycles. The van der Waals surface area contributed by atoms with E-state index in [4.69, 9.17) is 10.5 Å². The summed E-state index contributed by atoms with van der Waals surface area (Å²) in [4.78, 5) is 2.33. The molecular weight excluding hydrogens is 236 g/mol. The Balaban J connectivity index is 2.78. The van der Waals surface area contributed by atoms with Crippen LogP contribution in [-0.4, -0.2) is 32.1 Å². The van der Waals surface area contributed by atoms with Crippen LogP contribution in [0.15, 0.2) is 12.1 Å². The van der Waals surface area contributed by atoms with Crippen molar-refractivity contribution >= 4 is 0 Å². The molecule has 19 heavy (non-hydrogen) atoms. The zero-order chi connectivity index (χ0) is 14.4. The zero-order valence-electron chi connectivity index (χ0n) is 13.0. The molecule has 3 nitrogen and oxygen atoms in total. The Labute approximate surface area is 117 Å². The lowest BCUT2D eigenvalue weighted by molar-refractivity contribution is 0.264. The average molecular weight is 264 g/mol. The molecule has 108 valence electrons. The smallest absolute Gasteiger partial charge is 0.123 e. The van der Waals surface area contributed by atoms with Crippen LogP contribution in [-0.2, 0) is 6.54 Å². The van der Waals surface area contributed by atoms with Gasteiger partial charge >= 0.3 is 0 Å². The summed E-state index contributed by atoms with van der Waals surface area (Å²) >= 11 is 0. The Bertz CT molecular complexity index is 400. The van der Waals surface area contributed by atoms with E-state index in [1.807, 2.05) is 0 Å². The van der Waals surface area contributed by atoms with E-state index >= 15 is 0 Å². The van der Waals surface area contributed by atoms with Crippen molar-refractivity contribution in [2.45, 2.75) is 33.7 Å². The van der Waals surface area contributed by atoms with Crippen LogP contribution in [0, 0.1) is 19.8 Å². The molecule has 1 rings (SSSR count). The van der Waals surface area contributed by atoms with Gasteiger partial charge in [0.2, 0.25) is 0 Å². The van der Waals surface area contributed by atoms with Gasteiger partial charge in [-0.1, -0.05) is 19.4 Å². The molecule has 1 unspecified atom stereocenters. The summed E-state index contributed by atoms with van der Waals surface area (Å²) < 4.78 is 5.49. The second-order valence-corrected chi connectivity index (χ2v) is 5.46. The molecule has 0 aliphatic heterocycles. The Kier molecular flexibility index (Phi) is 6.32. The number of rotatable bonds is 7. The molecule has 0 radical (unpaired) electrons. The second kappa shape index (κ2) is 7.51. The summed E-state index contributed by atoms with van der Waals surface area (Å²) in [6.45, 7) is 9.15. The number of hydrogen-bond donors (Lipinski definition) is 1. The predicted octanol–water partition coefficient (Wildman–Crippen LogP) is 2.73. The molecule has 1 aromatic rings. The van der Waals surface area contributed by atoms with Gasteiger partial charge in [0.15, 0.2) is 0 Å². The lowest BCUT2D eigenvalue weighted by Gasteiger charge is -2.23. The number of nitrogens with two attached hydrogens (primary N) is 1. The first-order chi connectivity index (χ1) is 9.01. The van der Waals surface area contributed by atoms with Gasteiger partial charge in [0, 0.05) is 18.7 Å². The number of ether oxygens (including phenoxy) is 1. The van der Waals surface area contributed by atoms with Crippen molar-refractivity contribution in [2.24, 2.45) is 11.7 Å². The first-order valence-corrected chi connectivity index (χ1v) is 7.04. The number of benzene rings is 1. The van der Waals surface area contributed by atoms with Gasteiger partial charge in [-0.25, -0.2) is 0 Å². The summed E-state index contributed by atoms with van der Waals surface area (Å²) in [7, 11) is 3.88. The van der Waals surface area contributed by atoms with Crippen LogP contribution in [0.2, 0.25) is 0 Å². The summed E-state index contributed by atoms with van der Waals surface area (Å²) in [5.74, 6) is 1.55. The van der Waals surface area contributed by atoms with Crippen LogP contribution in [0.3, 0.4) is 0 Å². The Morgan fingerprint density at radius 1 is 1.26 bits per heavy atom. The lowest BCUT2D eigenvalue weighted by atomic mass is 10.0. The monoisotopic (exact) mass is 264 g/mol. The van der Waals surface area contributed by atoms with Crippen molar-refractivity contribution in [2.75, 3.05) is 27.2 Å². The van der Waals surface area contributed by atoms with Gasteiger partial charge in [-0.2, -0.15) is 0 Å². The van der Waals surface area contributed by atoms with Crippen molar-refractivity contribution in [3.63, 3.8) is 0 Å². The van der Waals surface area contributed by atoms with Crippen molar-refractivity contribution in [1.29, 1.82) is 0 Å². The molecule has 0 fully saturated rings. The number of hydrogen-bond acceptors (Lipinski definition) is 3. The van der Waals surface area contributed by atoms with Crippen LogP contribution in [0.5, 0.6) is 5.75 Å². The van der Waals surface area contributed by atoms with E-state index in [1.54, 1.807) is 7.11 Å². The fraction of sp³-hybridized carbons (Fsp3) is 0.625. The molecule has 3 heteroatoms. The molecule has 0 bridgehead atoms. The Morgan fingerprint density at radius 2 is 1.89 bits per heavy atom. The highest BCUT2D eigenvalue weighted by atomic mass is 16.5. The normalized spacial score (nSPS) is 12.8. The van der Waals surface area contributed by atoms with E-state index in [0.29, 0.717) is 5.92 Å². The maximum Gasteiger partial charge on any atom is 0.123 e. The fourth-order valence-corrected chi connectivity index (χ4v) is 2.33. The van der Waals surface area contributed by atoms with Gasteiger partial charge < -0.3 is 15.4 Å². The lowest BCUT2D eigenvalue weighted by Crippen LogP contribution is -2.29. The average Bonchev–Trinajstić information content (AvgIpc) is 2.39. The van der Waals surface area contributed by atoms with Gasteiger partial charge in [0.05, 0.1) is 7.11 Å². The van der Waals surface area contributed by atoms with Crippen molar-refractivity contribution in [1.82, 2.24) is 4.90 Å². The van der Waals surface area contributed by atoms with E-state index in [0.717, 1.165) is 31.8 Å². The van der Waals surface area contributed by atoms with Crippen molar-refractivity contribution < 1.29 is 4.74 Å². The maximum atomic E-state index is 5.77. The van der Waals surface area contributed by atoms with E-state index in [2.05, 4.69) is 44.9 Å². The third-order valence-electron chi connectivity index (χ3n) is 3.82. The van der Waals surface area contributed by atoms with E-state index in [-0.39, 0.29) is 0 Å². The highest BCUT2D eigenvalue weighted by Gasteiger charge is 2.12. The molecule has 0 aromatic heterocycles. The topological polar surface area (TPSA) is 38.5 Å². The first kappa shape index (κ1) is 16.0. The van der Waals surface area contributed by atoms with Crippen molar-refractivity contribution in [3.05, 3.63) is 28.8 Å². The van der Waals surface area contributed by atoms with E-state index < -0.39 is 0 Å². The van der Waals surface area contributed by atoms with Gasteiger partial charge in [-0.05, 0) is 50.6 Å². The van der Waals surface area contributed by atoms with Gasteiger partial charge in [-0.15, -0.1) is 0 Å². The third-order valence-corrected chi connectivity index (χ3v) is 3.82. The van der Waals surface area contributed by atoms with E-state index in [9.17, 15) is 0 Å². The van der Waals surface area contributed by atoms with Gasteiger partial charge in [0.25, 0.3) is 0 Å². The summed E-state index contributed by atoms with van der Waals surface area (Å²) in [6, 6.07) is 4.35. The molecule has 0 aliphatic rings. The maximum absolute atomic E-state index is 5.77. The predicted molar refractivity (Wildman–Crippen MR) is 81.6 cm³/mol. The highest BCUT2D eigenvalue weighted by Crippen LogP contribution is 2.24. The van der Waals surface area contributed by atoms with Crippen LogP contribution in [0.1, 0.15) is 30.0 Å². The van der Waals surface area contributed by atoms with Crippen LogP contribution < -0.4 is 10.5 Å². The van der Waals surface area contributed by atoms with Crippen LogP contribution in [0.4, 0.5) is 0 Å². The molecule has 1 atom stereocenters. The molecule has 0 spiro atoms. The largest absolute Gasteiger partial charge is 0.496 e. The molecule has 0 saturated heterocycles. The molecular formula is C16H28N2O. The SMILES string of the molecule is CCC(CN)CN(C)Cc1cc(C)c(C)cc1OC. The molecule has 0 aliphatic carbocycles. The van der Waals surface area contributed by atoms with Gasteiger partial charge in [0.1, 0.15) is 5.75 Å². The summed E-state index contributed by atoms with van der Waals surface area (Å²) in [6.07, 6.45) is 1.13. The minimum atomic E-state index is 0.572. The first-order valence-electron chi connectivity index (χ1n) is 7.04. The van der Waals surface area contributed by atoms with Crippen LogP contribution in [0.25, 0.3) is 0 Å². The second-order valence-electron chi connectivity index (χ2n) is 5.46. The minimum absolute atomic E-state index is 0.572. The van der Waals surface area contributed by atoms with E-state index in [1.165, 1.54) is 16.7 Å². The third kappa shape index (κ3) is 4.51. The van der Waals surface area contributed by atoms with Crippen LogP contribution >= 0.6 is 0 Å². The summed E-state index contributed by atoms with van der Waals surface area (Å²) in [5.41, 5.74) is 9.61. The molecule has 0 amide bonds. The Hall–Kier alpha value is -1.06. The zero-order valence-corrected chi connectivity index (χ0v) is 13.0. The van der Waals surface area contributed by atoms with Crippen molar-refractivity contribution in [3.8, 4) is 5.75 Å². The Morgan fingerprint density at radius 3 is 2.42 bits per heavy atom.